The lowest BCUT2D eigenvalue weighted by atomic mass is 9.97. The van der Waals surface area contributed by atoms with E-state index in [2.05, 4.69) is 33.4 Å². The Morgan fingerprint density at radius 2 is 2.36 bits per heavy atom. The van der Waals surface area contributed by atoms with E-state index in [1.807, 2.05) is 6.07 Å². The normalized spacial score (nSPS) is 20.0. The molecule has 1 aliphatic heterocycles. The zero-order valence-corrected chi connectivity index (χ0v) is 9.55. The molecule has 0 spiro atoms. The van der Waals surface area contributed by atoms with Crippen molar-refractivity contribution in [3.8, 4) is 0 Å². The maximum absolute atomic E-state index is 8.86. The third kappa shape index (κ3) is 2.10. The predicted octanol–water partition coefficient (Wildman–Crippen LogP) is 2.56. The molecule has 3 heteroatoms. The number of aliphatic hydroxyl groups excluding tert-OH is 1. The van der Waals surface area contributed by atoms with E-state index >= 15 is 0 Å². The largest absolute Gasteiger partial charge is 0.396 e. The molecule has 0 radical (unpaired) electrons. The summed E-state index contributed by atoms with van der Waals surface area (Å²) in [6.45, 7) is 0.267. The summed E-state index contributed by atoms with van der Waals surface area (Å²) in [6, 6.07) is 6.75. The number of fused-ring (bicyclic) bond motifs is 1. The van der Waals surface area contributed by atoms with Crippen LogP contribution in [0.25, 0.3) is 0 Å². The first-order valence-corrected chi connectivity index (χ1v) is 5.74. The van der Waals surface area contributed by atoms with Crippen molar-refractivity contribution in [1.82, 2.24) is 0 Å². The third-order valence-electron chi connectivity index (χ3n) is 2.67. The monoisotopic (exact) mass is 255 g/mol. The number of nitrogens with one attached hydrogen (secondary N) is 1. The molecule has 1 unspecified atom stereocenters. The van der Waals surface area contributed by atoms with Gasteiger partial charge in [-0.3, -0.25) is 0 Å². The van der Waals surface area contributed by atoms with Crippen molar-refractivity contribution in [1.29, 1.82) is 0 Å². The molecule has 1 heterocycles. The molecular formula is C11H14BrNO. The van der Waals surface area contributed by atoms with Gasteiger partial charge in [0, 0.05) is 22.8 Å². The molecular weight excluding hydrogens is 242 g/mol. The topological polar surface area (TPSA) is 32.3 Å². The average Bonchev–Trinajstić information content (AvgIpc) is 2.19. The van der Waals surface area contributed by atoms with Gasteiger partial charge < -0.3 is 10.4 Å². The Hall–Kier alpha value is -0.540. The number of aliphatic hydroxyl groups is 1. The molecule has 1 aliphatic rings. The van der Waals surface area contributed by atoms with Crippen LogP contribution in [0.3, 0.4) is 0 Å². The zero-order chi connectivity index (χ0) is 9.97. The Balaban J connectivity index is 2.15. The number of aryl methyl sites for hydroxylation is 1. The van der Waals surface area contributed by atoms with E-state index in [-0.39, 0.29) is 6.61 Å². The smallest absolute Gasteiger partial charge is 0.0450 e. The van der Waals surface area contributed by atoms with E-state index in [1.54, 1.807) is 0 Å². The van der Waals surface area contributed by atoms with Gasteiger partial charge in [-0.15, -0.1) is 0 Å². The van der Waals surface area contributed by atoms with Crippen LogP contribution in [0.1, 0.15) is 18.4 Å². The van der Waals surface area contributed by atoms with Gasteiger partial charge in [-0.25, -0.2) is 0 Å². The summed E-state index contributed by atoms with van der Waals surface area (Å²) in [5, 5.41) is 12.3. The second kappa shape index (κ2) is 4.32. The second-order valence-electron chi connectivity index (χ2n) is 3.69. The van der Waals surface area contributed by atoms with Gasteiger partial charge in [0.1, 0.15) is 0 Å². The molecule has 2 N–H and O–H groups in total. The van der Waals surface area contributed by atoms with Gasteiger partial charge in [0.2, 0.25) is 0 Å². The molecule has 1 atom stereocenters. The molecule has 2 nitrogen and oxygen atoms in total. The zero-order valence-electron chi connectivity index (χ0n) is 7.96. The van der Waals surface area contributed by atoms with E-state index in [4.69, 9.17) is 5.11 Å². The summed E-state index contributed by atoms with van der Waals surface area (Å²) in [5.74, 6) is 0. The van der Waals surface area contributed by atoms with E-state index in [0.29, 0.717) is 6.04 Å². The van der Waals surface area contributed by atoms with Gasteiger partial charge in [-0.1, -0.05) is 15.9 Å². The van der Waals surface area contributed by atoms with Gasteiger partial charge in [0.05, 0.1) is 0 Å². The van der Waals surface area contributed by atoms with Gasteiger partial charge in [-0.05, 0) is 43.0 Å². The average molecular weight is 256 g/mol. The lowest BCUT2D eigenvalue weighted by Crippen LogP contribution is -2.26. The van der Waals surface area contributed by atoms with Crippen molar-refractivity contribution in [2.45, 2.75) is 25.3 Å². The summed E-state index contributed by atoms with van der Waals surface area (Å²) in [7, 11) is 0. The van der Waals surface area contributed by atoms with Crippen LogP contribution in [0.15, 0.2) is 22.7 Å². The number of rotatable bonds is 2. The highest BCUT2D eigenvalue weighted by molar-refractivity contribution is 9.10. The quantitative estimate of drug-likeness (QED) is 0.852. The van der Waals surface area contributed by atoms with Gasteiger partial charge in [0.25, 0.3) is 0 Å². The molecule has 76 valence electrons. The van der Waals surface area contributed by atoms with Crippen molar-refractivity contribution in [2.75, 3.05) is 11.9 Å². The molecule has 0 fully saturated rings. The Morgan fingerprint density at radius 3 is 3.14 bits per heavy atom. The summed E-state index contributed by atoms with van der Waals surface area (Å²) >= 11 is 3.47. The fourth-order valence-corrected chi connectivity index (χ4v) is 2.31. The Morgan fingerprint density at radius 1 is 1.50 bits per heavy atom. The molecule has 2 rings (SSSR count). The van der Waals surface area contributed by atoms with E-state index in [1.165, 1.54) is 11.3 Å². The van der Waals surface area contributed by atoms with Crippen LogP contribution in [0.5, 0.6) is 0 Å². The highest BCUT2D eigenvalue weighted by Crippen LogP contribution is 2.28. The van der Waals surface area contributed by atoms with Crippen LogP contribution < -0.4 is 5.32 Å². The summed E-state index contributed by atoms with van der Waals surface area (Å²) < 4.78 is 1.14. The Kier molecular flexibility index (Phi) is 3.08. The van der Waals surface area contributed by atoms with Crippen molar-refractivity contribution < 1.29 is 5.11 Å². The van der Waals surface area contributed by atoms with E-state index in [9.17, 15) is 0 Å². The molecule has 0 saturated heterocycles. The van der Waals surface area contributed by atoms with Crippen molar-refractivity contribution >= 4 is 21.6 Å². The first-order chi connectivity index (χ1) is 6.79. The van der Waals surface area contributed by atoms with Gasteiger partial charge in [-0.2, -0.15) is 0 Å². The van der Waals surface area contributed by atoms with Crippen LogP contribution in [-0.4, -0.2) is 17.8 Å². The van der Waals surface area contributed by atoms with E-state index < -0.39 is 0 Å². The van der Waals surface area contributed by atoms with Crippen molar-refractivity contribution in [3.63, 3.8) is 0 Å². The molecule has 0 aromatic heterocycles. The number of hydrogen-bond donors (Lipinski definition) is 2. The van der Waals surface area contributed by atoms with Crippen molar-refractivity contribution in [3.05, 3.63) is 28.2 Å². The summed E-state index contributed by atoms with van der Waals surface area (Å²) in [6.07, 6.45) is 3.06. The van der Waals surface area contributed by atoms with Crippen molar-refractivity contribution in [2.24, 2.45) is 0 Å². The molecule has 14 heavy (non-hydrogen) atoms. The lowest BCUT2D eigenvalue weighted by molar-refractivity contribution is 0.276. The highest BCUT2D eigenvalue weighted by atomic mass is 79.9. The fraction of sp³-hybridized carbons (Fsp3) is 0.455. The van der Waals surface area contributed by atoms with E-state index in [0.717, 1.165) is 23.7 Å². The lowest BCUT2D eigenvalue weighted by Gasteiger charge is -2.26. The first-order valence-electron chi connectivity index (χ1n) is 4.95. The highest BCUT2D eigenvalue weighted by Gasteiger charge is 2.16. The minimum Gasteiger partial charge on any atom is -0.396 e. The molecule has 1 aromatic carbocycles. The third-order valence-corrected chi connectivity index (χ3v) is 3.16. The number of anilines is 1. The number of hydrogen-bond acceptors (Lipinski definition) is 2. The number of benzene rings is 1. The van der Waals surface area contributed by atoms with Gasteiger partial charge in [0.15, 0.2) is 0 Å². The number of halogens is 1. The minimum atomic E-state index is 0.267. The molecule has 0 aliphatic carbocycles. The minimum absolute atomic E-state index is 0.267. The van der Waals surface area contributed by atoms with Crippen LogP contribution in [0, 0.1) is 0 Å². The molecule has 0 amide bonds. The van der Waals surface area contributed by atoms with Crippen LogP contribution in [0.4, 0.5) is 5.69 Å². The second-order valence-corrected chi connectivity index (χ2v) is 4.61. The molecule has 1 aromatic rings. The van der Waals surface area contributed by atoms with Crippen LogP contribution in [-0.2, 0) is 6.42 Å². The van der Waals surface area contributed by atoms with Gasteiger partial charge >= 0.3 is 0 Å². The maximum Gasteiger partial charge on any atom is 0.0450 e. The standard InChI is InChI=1S/C11H14BrNO/c12-9-2-4-11-8(7-9)1-3-10(13-11)5-6-14/h2,4,7,10,13-14H,1,3,5-6H2. The Bertz CT molecular complexity index is 327. The fourth-order valence-electron chi connectivity index (χ4n) is 1.90. The Labute approximate surface area is 92.5 Å². The molecule has 0 saturated carbocycles. The summed E-state index contributed by atoms with van der Waals surface area (Å²) in [4.78, 5) is 0. The maximum atomic E-state index is 8.86. The first kappa shape index (κ1) is 9.99. The predicted molar refractivity (Wildman–Crippen MR) is 61.6 cm³/mol. The SMILES string of the molecule is OCCC1CCc2cc(Br)ccc2N1. The van der Waals surface area contributed by atoms with Crippen LogP contribution >= 0.6 is 15.9 Å². The van der Waals surface area contributed by atoms with Crippen LogP contribution in [0.2, 0.25) is 0 Å². The molecule has 0 bridgehead atoms. The summed E-state index contributed by atoms with van der Waals surface area (Å²) in [5.41, 5.74) is 2.59.